The minimum Gasteiger partial charge on any atom is -0.503 e. The van der Waals surface area contributed by atoms with Gasteiger partial charge in [0.25, 0.3) is 0 Å². The zero-order chi connectivity index (χ0) is 16.3. The van der Waals surface area contributed by atoms with Gasteiger partial charge < -0.3 is 9.84 Å². The highest BCUT2D eigenvalue weighted by molar-refractivity contribution is 9.10. The number of allylic oxidation sites excluding steroid dienone is 1. The first-order valence-electron chi connectivity index (χ1n) is 6.79. The molecule has 0 fully saturated rings. The summed E-state index contributed by atoms with van der Waals surface area (Å²) in [7, 11) is 1.47. The van der Waals surface area contributed by atoms with Crippen LogP contribution >= 0.6 is 15.9 Å². The summed E-state index contributed by atoms with van der Waals surface area (Å²) in [5.41, 5.74) is 2.18. The SMILES string of the molecule is CCn1ncc(C(=O)C=Cc2cc(Br)c(O)c(OC)c2)c1C. The quantitative estimate of drug-likeness (QED) is 0.650. The number of aromatic nitrogens is 2. The summed E-state index contributed by atoms with van der Waals surface area (Å²) in [6.07, 6.45) is 4.75. The van der Waals surface area contributed by atoms with Crippen molar-refractivity contribution in [3.05, 3.63) is 45.7 Å². The molecule has 1 aromatic heterocycles. The third-order valence-corrected chi connectivity index (χ3v) is 3.97. The number of ketones is 1. The lowest BCUT2D eigenvalue weighted by Gasteiger charge is -2.06. The van der Waals surface area contributed by atoms with Gasteiger partial charge in [0, 0.05) is 12.2 Å². The Morgan fingerprint density at radius 1 is 1.50 bits per heavy atom. The van der Waals surface area contributed by atoms with Crippen molar-refractivity contribution in [1.29, 1.82) is 0 Å². The fraction of sp³-hybridized carbons (Fsp3) is 0.250. The highest BCUT2D eigenvalue weighted by Gasteiger charge is 2.11. The Labute approximate surface area is 137 Å². The standard InChI is InChI=1S/C16H17BrN2O3/c1-4-19-10(2)12(9-18-19)14(20)6-5-11-7-13(17)16(21)15(8-11)22-3/h5-9,21H,4H2,1-3H3. The minimum absolute atomic E-state index is 0.0334. The molecule has 0 aliphatic rings. The molecule has 5 nitrogen and oxygen atoms in total. The summed E-state index contributed by atoms with van der Waals surface area (Å²) < 4.78 is 7.37. The Morgan fingerprint density at radius 2 is 2.23 bits per heavy atom. The number of halogens is 1. The Morgan fingerprint density at radius 3 is 2.82 bits per heavy atom. The van der Waals surface area contributed by atoms with Crippen molar-refractivity contribution in [3.63, 3.8) is 0 Å². The van der Waals surface area contributed by atoms with Crippen LogP contribution in [-0.4, -0.2) is 27.8 Å². The molecule has 0 atom stereocenters. The van der Waals surface area contributed by atoms with Crippen LogP contribution in [-0.2, 0) is 6.54 Å². The number of aromatic hydroxyl groups is 1. The number of hydrogen-bond donors (Lipinski definition) is 1. The van der Waals surface area contributed by atoms with Crippen LogP contribution in [0.1, 0.15) is 28.5 Å². The molecule has 1 aromatic carbocycles. The van der Waals surface area contributed by atoms with Crippen molar-refractivity contribution in [2.45, 2.75) is 20.4 Å². The number of phenols is 1. The number of carbonyl (C=O) groups excluding carboxylic acids is 1. The second-order valence-electron chi connectivity index (χ2n) is 4.71. The van der Waals surface area contributed by atoms with Crippen molar-refractivity contribution in [1.82, 2.24) is 9.78 Å². The molecule has 2 rings (SSSR count). The number of rotatable bonds is 5. The van der Waals surface area contributed by atoms with Crippen LogP contribution < -0.4 is 4.74 Å². The number of benzene rings is 1. The van der Waals surface area contributed by atoms with E-state index in [2.05, 4.69) is 21.0 Å². The molecule has 1 N–H and O–H groups in total. The van der Waals surface area contributed by atoms with E-state index in [0.29, 0.717) is 15.8 Å². The van der Waals surface area contributed by atoms with Gasteiger partial charge in [0.05, 0.1) is 23.3 Å². The van der Waals surface area contributed by atoms with Gasteiger partial charge in [0.2, 0.25) is 0 Å². The molecule has 116 valence electrons. The minimum atomic E-state index is -0.111. The molecule has 0 aliphatic heterocycles. The summed E-state index contributed by atoms with van der Waals surface area (Å²) >= 11 is 3.25. The molecule has 0 aliphatic carbocycles. The highest BCUT2D eigenvalue weighted by atomic mass is 79.9. The number of carbonyl (C=O) groups is 1. The molecular formula is C16H17BrN2O3. The maximum atomic E-state index is 12.2. The van der Waals surface area contributed by atoms with Gasteiger partial charge >= 0.3 is 0 Å². The third kappa shape index (κ3) is 3.22. The summed E-state index contributed by atoms with van der Waals surface area (Å²) in [6, 6.07) is 3.37. The van der Waals surface area contributed by atoms with E-state index in [1.165, 1.54) is 13.2 Å². The molecular weight excluding hydrogens is 348 g/mol. The smallest absolute Gasteiger partial charge is 0.189 e. The second-order valence-corrected chi connectivity index (χ2v) is 5.56. The fourth-order valence-corrected chi connectivity index (χ4v) is 2.57. The third-order valence-electron chi connectivity index (χ3n) is 3.37. The molecule has 0 saturated heterocycles. The van der Waals surface area contributed by atoms with Crippen LogP contribution in [0.15, 0.2) is 28.9 Å². The summed E-state index contributed by atoms with van der Waals surface area (Å²) in [5, 5.41) is 13.9. The second kappa shape index (κ2) is 6.79. The van der Waals surface area contributed by atoms with Crippen molar-refractivity contribution in [2.75, 3.05) is 7.11 Å². The molecule has 0 unspecified atom stereocenters. The number of ether oxygens (including phenoxy) is 1. The van der Waals surface area contributed by atoms with E-state index in [1.807, 2.05) is 13.8 Å². The first-order chi connectivity index (χ1) is 10.5. The fourth-order valence-electron chi connectivity index (χ4n) is 2.11. The van der Waals surface area contributed by atoms with Gasteiger partial charge in [-0.2, -0.15) is 5.10 Å². The van der Waals surface area contributed by atoms with Gasteiger partial charge in [-0.3, -0.25) is 9.48 Å². The summed E-state index contributed by atoms with van der Waals surface area (Å²) in [6.45, 7) is 4.58. The van der Waals surface area contributed by atoms with Crippen LogP contribution in [0.25, 0.3) is 6.08 Å². The maximum absolute atomic E-state index is 12.2. The van der Waals surface area contributed by atoms with Crippen molar-refractivity contribution in [2.24, 2.45) is 0 Å². The van der Waals surface area contributed by atoms with Crippen LogP contribution in [0.4, 0.5) is 0 Å². The van der Waals surface area contributed by atoms with E-state index >= 15 is 0 Å². The monoisotopic (exact) mass is 364 g/mol. The number of nitrogens with zero attached hydrogens (tertiary/aromatic N) is 2. The average Bonchev–Trinajstić information content (AvgIpc) is 2.88. The van der Waals surface area contributed by atoms with E-state index in [4.69, 9.17) is 4.74 Å². The van der Waals surface area contributed by atoms with Crippen LogP contribution in [0, 0.1) is 6.92 Å². The largest absolute Gasteiger partial charge is 0.503 e. The summed E-state index contributed by atoms with van der Waals surface area (Å²) in [5.74, 6) is 0.267. The molecule has 0 saturated carbocycles. The topological polar surface area (TPSA) is 64.4 Å². The lowest BCUT2D eigenvalue weighted by atomic mass is 10.1. The number of aryl methyl sites for hydroxylation is 1. The van der Waals surface area contributed by atoms with Gasteiger partial charge in [0.1, 0.15) is 0 Å². The first kappa shape index (κ1) is 16.3. The normalized spacial score (nSPS) is 11.1. The molecule has 2 aromatic rings. The van der Waals surface area contributed by atoms with Gasteiger partial charge in [-0.15, -0.1) is 0 Å². The molecule has 1 heterocycles. The van der Waals surface area contributed by atoms with Crippen molar-refractivity contribution >= 4 is 27.8 Å². The molecule has 0 spiro atoms. The zero-order valence-corrected chi connectivity index (χ0v) is 14.2. The van der Waals surface area contributed by atoms with E-state index in [0.717, 1.165) is 17.8 Å². The van der Waals surface area contributed by atoms with Gasteiger partial charge in [-0.05, 0) is 53.5 Å². The van der Waals surface area contributed by atoms with Gasteiger partial charge in [-0.25, -0.2) is 0 Å². The van der Waals surface area contributed by atoms with E-state index in [-0.39, 0.29) is 11.5 Å². The van der Waals surface area contributed by atoms with Crippen molar-refractivity contribution in [3.8, 4) is 11.5 Å². The Balaban J connectivity index is 2.26. The average molecular weight is 365 g/mol. The van der Waals surface area contributed by atoms with Gasteiger partial charge in [0.15, 0.2) is 17.3 Å². The van der Waals surface area contributed by atoms with E-state index in [9.17, 15) is 9.90 Å². The first-order valence-corrected chi connectivity index (χ1v) is 7.58. The van der Waals surface area contributed by atoms with Crippen molar-refractivity contribution < 1.29 is 14.6 Å². The lowest BCUT2D eigenvalue weighted by Crippen LogP contribution is -2.01. The van der Waals surface area contributed by atoms with Gasteiger partial charge in [-0.1, -0.05) is 6.08 Å². The Kier molecular flexibility index (Phi) is 5.03. The van der Waals surface area contributed by atoms with Crippen LogP contribution in [0.2, 0.25) is 0 Å². The van der Waals surface area contributed by atoms with E-state index < -0.39 is 0 Å². The molecule has 22 heavy (non-hydrogen) atoms. The zero-order valence-electron chi connectivity index (χ0n) is 12.6. The highest BCUT2D eigenvalue weighted by Crippen LogP contribution is 2.35. The Hall–Kier alpha value is -2.08. The molecule has 6 heteroatoms. The van der Waals surface area contributed by atoms with Crippen LogP contribution in [0.3, 0.4) is 0 Å². The number of methoxy groups -OCH3 is 1. The van der Waals surface area contributed by atoms with Crippen LogP contribution in [0.5, 0.6) is 11.5 Å². The predicted octanol–water partition coefficient (Wildman–Crippen LogP) is 3.58. The molecule has 0 amide bonds. The Bertz CT molecular complexity index is 735. The predicted molar refractivity (Wildman–Crippen MR) is 88.4 cm³/mol. The number of hydrogen-bond acceptors (Lipinski definition) is 4. The van der Waals surface area contributed by atoms with E-state index in [1.54, 1.807) is 29.1 Å². The number of phenolic OH excluding ortho intramolecular Hbond substituents is 1. The molecule has 0 radical (unpaired) electrons. The maximum Gasteiger partial charge on any atom is 0.189 e. The molecule has 0 bridgehead atoms. The lowest BCUT2D eigenvalue weighted by molar-refractivity contribution is 0.104. The summed E-state index contributed by atoms with van der Waals surface area (Å²) in [4.78, 5) is 12.2.